The van der Waals surface area contributed by atoms with Crippen LogP contribution in [-0.2, 0) is 10.0 Å². The largest absolute Gasteiger partial charge is 0.489 e. The highest BCUT2D eigenvalue weighted by molar-refractivity contribution is 14.1. The molecule has 0 radical (unpaired) electrons. The van der Waals surface area contributed by atoms with E-state index in [0.29, 0.717) is 9.32 Å². The van der Waals surface area contributed by atoms with Gasteiger partial charge in [-0.05, 0) is 47.6 Å². The Morgan fingerprint density at radius 1 is 1.40 bits per heavy atom. The van der Waals surface area contributed by atoms with E-state index in [1.54, 1.807) is 12.1 Å². The minimum atomic E-state index is -3.66. The molecular formula is C9H10INO3S. The van der Waals surface area contributed by atoms with E-state index in [-0.39, 0.29) is 11.0 Å². The van der Waals surface area contributed by atoms with Crippen LogP contribution in [0, 0.1) is 3.57 Å². The molecular weight excluding hydrogens is 329 g/mol. The predicted molar refractivity (Wildman–Crippen MR) is 64.2 cm³/mol. The van der Waals surface area contributed by atoms with Crippen molar-refractivity contribution >= 4 is 32.6 Å². The van der Waals surface area contributed by atoms with Gasteiger partial charge in [0.2, 0.25) is 10.0 Å². The molecule has 1 aromatic rings. The molecule has 4 nitrogen and oxygen atoms in total. The average molecular weight is 339 g/mol. The standard InChI is InChI=1S/C9H10INO3S/c10-9-7(14-6-4-5-6)2-1-3-8(9)15(11,12)13/h1-3,6H,4-5H2,(H2,11,12,13). The average Bonchev–Trinajstić information content (AvgIpc) is 2.90. The van der Waals surface area contributed by atoms with Crippen LogP contribution >= 0.6 is 22.6 Å². The van der Waals surface area contributed by atoms with Gasteiger partial charge in [0.15, 0.2) is 0 Å². The van der Waals surface area contributed by atoms with Gasteiger partial charge in [0, 0.05) is 0 Å². The molecule has 1 saturated carbocycles. The quantitative estimate of drug-likeness (QED) is 0.848. The zero-order valence-electron chi connectivity index (χ0n) is 7.81. The van der Waals surface area contributed by atoms with E-state index in [4.69, 9.17) is 9.88 Å². The molecule has 1 aromatic carbocycles. The zero-order chi connectivity index (χ0) is 11.1. The Labute approximate surface area is 102 Å². The number of sulfonamides is 1. The van der Waals surface area contributed by atoms with Gasteiger partial charge in [-0.2, -0.15) is 0 Å². The van der Waals surface area contributed by atoms with Crippen LogP contribution in [0.3, 0.4) is 0 Å². The molecule has 2 N–H and O–H groups in total. The van der Waals surface area contributed by atoms with Crippen molar-refractivity contribution in [3.8, 4) is 5.75 Å². The number of hydrogen-bond acceptors (Lipinski definition) is 3. The lowest BCUT2D eigenvalue weighted by Crippen LogP contribution is -2.14. The van der Waals surface area contributed by atoms with Gasteiger partial charge >= 0.3 is 0 Å². The van der Waals surface area contributed by atoms with Crippen LogP contribution in [0.4, 0.5) is 0 Å². The van der Waals surface area contributed by atoms with Crippen LogP contribution < -0.4 is 9.88 Å². The van der Waals surface area contributed by atoms with Crippen molar-refractivity contribution in [1.82, 2.24) is 0 Å². The van der Waals surface area contributed by atoms with E-state index in [9.17, 15) is 8.42 Å². The Morgan fingerprint density at radius 3 is 2.60 bits per heavy atom. The lowest BCUT2D eigenvalue weighted by atomic mass is 10.3. The molecule has 1 aliphatic carbocycles. The molecule has 6 heteroatoms. The first kappa shape index (κ1) is 11.2. The fourth-order valence-electron chi connectivity index (χ4n) is 1.17. The summed E-state index contributed by atoms with van der Waals surface area (Å²) >= 11 is 1.94. The topological polar surface area (TPSA) is 69.4 Å². The van der Waals surface area contributed by atoms with Gasteiger partial charge in [0.1, 0.15) is 5.75 Å². The second-order valence-corrected chi connectivity index (χ2v) is 6.04. The molecule has 0 unspecified atom stereocenters. The zero-order valence-corrected chi connectivity index (χ0v) is 10.8. The van der Waals surface area contributed by atoms with Crippen LogP contribution in [0.25, 0.3) is 0 Å². The number of rotatable bonds is 3. The van der Waals surface area contributed by atoms with E-state index in [1.165, 1.54) is 6.07 Å². The summed E-state index contributed by atoms with van der Waals surface area (Å²) in [6.07, 6.45) is 2.32. The molecule has 0 aromatic heterocycles. The predicted octanol–water partition coefficient (Wildman–Crippen LogP) is 1.48. The maximum absolute atomic E-state index is 11.2. The molecule has 15 heavy (non-hydrogen) atoms. The maximum atomic E-state index is 11.2. The Bertz CT molecular complexity index is 482. The van der Waals surface area contributed by atoms with Gasteiger partial charge in [0.25, 0.3) is 0 Å². The first-order valence-corrected chi connectivity index (χ1v) is 7.09. The van der Waals surface area contributed by atoms with Crippen LogP contribution in [0.5, 0.6) is 5.75 Å². The smallest absolute Gasteiger partial charge is 0.239 e. The number of ether oxygens (including phenoxy) is 1. The summed E-state index contributed by atoms with van der Waals surface area (Å²) in [6, 6.07) is 4.88. The highest BCUT2D eigenvalue weighted by atomic mass is 127. The first-order chi connectivity index (χ1) is 6.98. The third kappa shape index (κ3) is 2.61. The van der Waals surface area contributed by atoms with E-state index < -0.39 is 10.0 Å². The molecule has 82 valence electrons. The van der Waals surface area contributed by atoms with Crippen molar-refractivity contribution in [2.24, 2.45) is 5.14 Å². The molecule has 1 fully saturated rings. The first-order valence-electron chi connectivity index (χ1n) is 4.46. The second kappa shape index (κ2) is 3.91. The third-order valence-corrected chi connectivity index (χ3v) is 4.48. The number of primary sulfonamides is 1. The van der Waals surface area contributed by atoms with Crippen molar-refractivity contribution in [2.45, 2.75) is 23.8 Å². The van der Waals surface area contributed by atoms with Gasteiger partial charge in [0.05, 0.1) is 14.6 Å². The Kier molecular flexibility index (Phi) is 2.91. The summed E-state index contributed by atoms with van der Waals surface area (Å²) in [5.41, 5.74) is 0. The van der Waals surface area contributed by atoms with Gasteiger partial charge in [-0.15, -0.1) is 0 Å². The molecule has 0 bridgehead atoms. The van der Waals surface area contributed by atoms with Crippen molar-refractivity contribution in [3.05, 3.63) is 21.8 Å². The molecule has 1 aliphatic rings. The molecule has 0 atom stereocenters. The van der Waals surface area contributed by atoms with Crippen molar-refractivity contribution in [1.29, 1.82) is 0 Å². The lowest BCUT2D eigenvalue weighted by Gasteiger charge is -2.09. The van der Waals surface area contributed by atoms with E-state index >= 15 is 0 Å². The van der Waals surface area contributed by atoms with Gasteiger partial charge in [-0.3, -0.25) is 0 Å². The summed E-state index contributed by atoms with van der Waals surface area (Å²) in [7, 11) is -3.66. The van der Waals surface area contributed by atoms with E-state index in [0.717, 1.165) is 12.8 Å². The normalized spacial score (nSPS) is 16.4. The maximum Gasteiger partial charge on any atom is 0.239 e. The number of benzene rings is 1. The Morgan fingerprint density at radius 2 is 2.07 bits per heavy atom. The molecule has 0 aliphatic heterocycles. The van der Waals surface area contributed by atoms with Crippen molar-refractivity contribution < 1.29 is 13.2 Å². The molecule has 0 heterocycles. The Hall–Kier alpha value is -0.340. The monoisotopic (exact) mass is 339 g/mol. The third-order valence-electron chi connectivity index (χ3n) is 2.05. The fraction of sp³-hybridized carbons (Fsp3) is 0.333. The summed E-state index contributed by atoms with van der Waals surface area (Å²) < 4.78 is 28.6. The van der Waals surface area contributed by atoms with Gasteiger partial charge < -0.3 is 4.74 Å². The van der Waals surface area contributed by atoms with Gasteiger partial charge in [-0.25, -0.2) is 13.6 Å². The number of halogens is 1. The highest BCUT2D eigenvalue weighted by Crippen LogP contribution is 2.32. The SMILES string of the molecule is NS(=O)(=O)c1cccc(OC2CC2)c1I. The fourth-order valence-corrected chi connectivity index (χ4v) is 3.19. The summed E-state index contributed by atoms with van der Waals surface area (Å²) in [4.78, 5) is 0.126. The summed E-state index contributed by atoms with van der Waals surface area (Å²) in [5, 5.41) is 5.08. The second-order valence-electron chi connectivity index (χ2n) is 3.43. The minimum Gasteiger partial charge on any atom is -0.489 e. The molecule has 0 spiro atoms. The number of nitrogens with two attached hydrogens (primary N) is 1. The minimum absolute atomic E-state index is 0.126. The molecule has 0 amide bonds. The summed E-state index contributed by atoms with van der Waals surface area (Å²) in [5.74, 6) is 0.602. The molecule has 2 rings (SSSR count). The van der Waals surface area contributed by atoms with Crippen LogP contribution in [0.15, 0.2) is 23.1 Å². The summed E-state index contributed by atoms with van der Waals surface area (Å²) in [6.45, 7) is 0. The van der Waals surface area contributed by atoms with Gasteiger partial charge in [-0.1, -0.05) is 6.07 Å². The van der Waals surface area contributed by atoms with Crippen molar-refractivity contribution in [3.63, 3.8) is 0 Å². The molecule has 0 saturated heterocycles. The van der Waals surface area contributed by atoms with E-state index in [2.05, 4.69) is 0 Å². The highest BCUT2D eigenvalue weighted by Gasteiger charge is 2.25. The van der Waals surface area contributed by atoms with Crippen LogP contribution in [0.1, 0.15) is 12.8 Å². The van der Waals surface area contributed by atoms with Crippen molar-refractivity contribution in [2.75, 3.05) is 0 Å². The number of hydrogen-bond donors (Lipinski definition) is 1. The Balaban J connectivity index is 2.40. The van der Waals surface area contributed by atoms with Crippen LogP contribution in [0.2, 0.25) is 0 Å². The van der Waals surface area contributed by atoms with Crippen LogP contribution in [-0.4, -0.2) is 14.5 Å². The lowest BCUT2D eigenvalue weighted by molar-refractivity contribution is 0.300. The van der Waals surface area contributed by atoms with E-state index in [1.807, 2.05) is 22.6 Å².